The van der Waals surface area contributed by atoms with Crippen molar-refractivity contribution in [1.29, 1.82) is 0 Å². The standard InChI is InChI=1S/2C4H9.2C2H5.2Al.2ClH/c2*1-4(2)3;2*1-2;;;;/h2*4H,1H2,2-3H3;2*1H2,2H3;;;2*1H/q;;;;2*+1;;/p-2. The van der Waals surface area contributed by atoms with Crippen molar-refractivity contribution in [2.24, 2.45) is 11.8 Å². The van der Waals surface area contributed by atoms with Gasteiger partial charge in [-0.05, 0) is 0 Å². The van der Waals surface area contributed by atoms with Crippen LogP contribution in [0, 0.1) is 11.8 Å². The van der Waals surface area contributed by atoms with Gasteiger partial charge in [0.2, 0.25) is 0 Å². The Kier molecular flexibility index (Phi) is 35.9. The molecule has 16 heavy (non-hydrogen) atoms. The van der Waals surface area contributed by atoms with Crippen LogP contribution in [-0.4, -0.2) is 30.4 Å². The Morgan fingerprint density at radius 1 is 0.688 bits per heavy atom. The van der Waals surface area contributed by atoms with E-state index in [1.165, 1.54) is 21.1 Å². The van der Waals surface area contributed by atoms with E-state index in [9.17, 15) is 0 Å². The molecular weight excluding hydrogens is 269 g/mol. The molecular formula is C12H28Al2Cl2. The Hall–Kier alpha value is 1.64. The zero-order valence-corrected chi connectivity index (χ0v) is 15.7. The van der Waals surface area contributed by atoms with Gasteiger partial charge in [0.1, 0.15) is 0 Å². The molecule has 0 radical (unpaired) electrons. The predicted octanol–water partition coefficient (Wildman–Crippen LogP) is -1.59. The fraction of sp³-hybridized carbons (Fsp3) is 1.00. The van der Waals surface area contributed by atoms with E-state index in [1.54, 1.807) is 0 Å². The van der Waals surface area contributed by atoms with E-state index in [-0.39, 0.29) is 24.8 Å². The molecule has 0 saturated heterocycles. The maximum absolute atomic E-state index is 2.31. The first-order valence-electron chi connectivity index (χ1n) is 6.17. The average Bonchev–Trinajstić information content (AvgIpc) is 2.05. The summed E-state index contributed by atoms with van der Waals surface area (Å²) in [6.07, 6.45) is 0. The first-order valence-corrected chi connectivity index (χ1v) is 9.44. The molecule has 0 atom stereocenters. The number of hydrogen-bond donors (Lipinski definition) is 0. The summed E-state index contributed by atoms with van der Waals surface area (Å²) in [5, 5.41) is 5.82. The van der Waals surface area contributed by atoms with Gasteiger partial charge in [-0.3, -0.25) is 0 Å². The van der Waals surface area contributed by atoms with Crippen molar-refractivity contribution in [3.8, 4) is 0 Å². The summed E-state index contributed by atoms with van der Waals surface area (Å²) < 4.78 is 0. The summed E-state index contributed by atoms with van der Waals surface area (Å²) >= 11 is 1.57. The van der Waals surface area contributed by atoms with E-state index in [4.69, 9.17) is 0 Å². The molecule has 0 spiro atoms. The maximum Gasteiger partial charge on any atom is -1.00 e. The monoisotopic (exact) mass is 296 g/mol. The quantitative estimate of drug-likeness (QED) is 0.519. The maximum atomic E-state index is 2.31. The molecule has 0 amide bonds. The predicted molar refractivity (Wildman–Crippen MR) is 71.8 cm³/mol. The molecule has 4 heteroatoms. The molecule has 0 aliphatic carbocycles. The van der Waals surface area contributed by atoms with Crippen molar-refractivity contribution in [3.63, 3.8) is 0 Å². The summed E-state index contributed by atoms with van der Waals surface area (Å²) in [6, 6.07) is 0. The van der Waals surface area contributed by atoms with E-state index in [1.807, 2.05) is 0 Å². The van der Waals surface area contributed by atoms with Gasteiger partial charge >= 0.3 is 105 Å². The Bertz CT molecular complexity index is 89.0. The molecule has 0 bridgehead atoms. The molecule has 0 saturated carbocycles. The van der Waals surface area contributed by atoms with Crippen molar-refractivity contribution in [1.82, 2.24) is 0 Å². The summed E-state index contributed by atoms with van der Waals surface area (Å²) in [7, 11) is 0. The normalized spacial score (nSPS) is 8.00. The van der Waals surface area contributed by atoms with Gasteiger partial charge in [-0.25, -0.2) is 0 Å². The van der Waals surface area contributed by atoms with Gasteiger partial charge in [0.05, 0.1) is 0 Å². The van der Waals surface area contributed by atoms with Crippen LogP contribution in [0.3, 0.4) is 0 Å². The second-order valence-electron chi connectivity index (χ2n) is 4.65. The Labute approximate surface area is 129 Å². The minimum absolute atomic E-state index is 0. The zero-order valence-electron chi connectivity index (χ0n) is 11.9. The fourth-order valence-corrected chi connectivity index (χ4v) is 3.15. The largest absolute Gasteiger partial charge is 1.00 e. The van der Waals surface area contributed by atoms with Gasteiger partial charge in [0.25, 0.3) is 0 Å². The summed E-state index contributed by atoms with van der Waals surface area (Å²) in [4.78, 5) is 0. The average molecular weight is 297 g/mol. The molecule has 96 valence electrons. The molecule has 0 heterocycles. The first kappa shape index (κ1) is 26.3. The Morgan fingerprint density at radius 3 is 1.12 bits per heavy atom. The molecule has 0 unspecified atom stereocenters. The van der Waals surface area contributed by atoms with Crippen LogP contribution in [0.5, 0.6) is 0 Å². The van der Waals surface area contributed by atoms with Crippen LogP contribution >= 0.6 is 0 Å². The van der Waals surface area contributed by atoms with Crippen LogP contribution in [0.1, 0.15) is 41.5 Å². The van der Waals surface area contributed by atoms with E-state index in [2.05, 4.69) is 41.5 Å². The van der Waals surface area contributed by atoms with Crippen LogP contribution in [0.25, 0.3) is 0 Å². The number of halogens is 2. The Balaban J connectivity index is -0.0000000904. The fourth-order valence-electron chi connectivity index (χ4n) is 1.05. The third-order valence-corrected chi connectivity index (χ3v) is 5.56. The topological polar surface area (TPSA) is 0 Å². The number of hydrogen-bond acceptors (Lipinski definition) is 0. The van der Waals surface area contributed by atoms with E-state index in [0.717, 1.165) is 42.3 Å². The second-order valence-corrected chi connectivity index (χ2v) is 8.38. The molecule has 0 aromatic rings. The zero-order chi connectivity index (χ0) is 11.4. The van der Waals surface area contributed by atoms with E-state index >= 15 is 0 Å². The van der Waals surface area contributed by atoms with Crippen molar-refractivity contribution in [2.75, 3.05) is 0 Å². The van der Waals surface area contributed by atoms with E-state index < -0.39 is 0 Å². The molecule has 0 aliphatic heterocycles. The van der Waals surface area contributed by atoms with Crippen molar-refractivity contribution in [2.45, 2.75) is 62.7 Å². The van der Waals surface area contributed by atoms with Crippen molar-refractivity contribution < 1.29 is 24.8 Å². The van der Waals surface area contributed by atoms with Crippen LogP contribution in [0.4, 0.5) is 0 Å². The smallest absolute Gasteiger partial charge is 1.00 e. The summed E-state index contributed by atoms with van der Waals surface area (Å²) in [5.74, 6) is 1.86. The van der Waals surface area contributed by atoms with Gasteiger partial charge in [0.15, 0.2) is 0 Å². The summed E-state index contributed by atoms with van der Waals surface area (Å²) in [5.41, 5.74) is 0. The van der Waals surface area contributed by atoms with Gasteiger partial charge in [-0.2, -0.15) is 0 Å². The summed E-state index contributed by atoms with van der Waals surface area (Å²) in [6.45, 7) is 13.7. The third-order valence-electron chi connectivity index (χ3n) is 1.85. The van der Waals surface area contributed by atoms with Crippen LogP contribution < -0.4 is 24.8 Å². The minimum atomic E-state index is 0. The SMILES string of the molecule is CC(C)[CH2][Al+][CH2]C(C)C.C[CH2][Al+][CH2]C.[Cl-].[Cl-]. The van der Waals surface area contributed by atoms with Gasteiger partial charge in [0, 0.05) is 0 Å². The molecule has 0 aromatic heterocycles. The molecule has 0 rings (SSSR count). The van der Waals surface area contributed by atoms with E-state index in [0.29, 0.717) is 0 Å². The first-order chi connectivity index (χ1) is 6.54. The molecule has 0 aromatic carbocycles. The molecule has 0 nitrogen and oxygen atoms in total. The van der Waals surface area contributed by atoms with Crippen LogP contribution in [-0.2, 0) is 0 Å². The van der Waals surface area contributed by atoms with Crippen molar-refractivity contribution in [3.05, 3.63) is 0 Å². The van der Waals surface area contributed by atoms with Crippen molar-refractivity contribution >= 4 is 30.4 Å². The van der Waals surface area contributed by atoms with Gasteiger partial charge < -0.3 is 24.8 Å². The second kappa shape index (κ2) is 21.9. The van der Waals surface area contributed by atoms with Gasteiger partial charge in [-0.1, -0.05) is 0 Å². The van der Waals surface area contributed by atoms with Gasteiger partial charge in [-0.15, -0.1) is 0 Å². The molecule has 0 fully saturated rings. The number of rotatable bonds is 6. The van der Waals surface area contributed by atoms with Crippen LogP contribution in [0.15, 0.2) is 0 Å². The third kappa shape index (κ3) is 36.1. The molecule has 0 N–H and O–H groups in total. The van der Waals surface area contributed by atoms with Crippen LogP contribution in [0.2, 0.25) is 21.1 Å². The Morgan fingerprint density at radius 2 is 1.00 bits per heavy atom. The minimum Gasteiger partial charge on any atom is -1.00 e. The molecule has 0 aliphatic rings.